The molecule has 0 spiro atoms. The smallest absolute Gasteiger partial charge is 0.311 e. The van der Waals surface area contributed by atoms with Crippen LogP contribution in [0.4, 0.5) is 5.69 Å². The van der Waals surface area contributed by atoms with E-state index in [1.807, 2.05) is 18.2 Å². The number of anilines is 1. The first-order valence-corrected chi connectivity index (χ1v) is 6.45. The van der Waals surface area contributed by atoms with Crippen LogP contribution in [-0.2, 0) is 14.3 Å². The number of methoxy groups -OCH3 is 1. The summed E-state index contributed by atoms with van der Waals surface area (Å²) in [6, 6.07) is 9.09. The van der Waals surface area contributed by atoms with Crippen molar-refractivity contribution in [2.45, 2.75) is 6.42 Å². The molecule has 0 aromatic heterocycles. The van der Waals surface area contributed by atoms with Gasteiger partial charge in [-0.15, -0.1) is 0 Å². The SMILES string of the molecule is COC(=O)CC1=NN(c2ccccc2)C(=O)C1=CN(C)C. The van der Waals surface area contributed by atoms with E-state index < -0.39 is 5.97 Å². The molecule has 0 bridgehead atoms. The lowest BCUT2D eigenvalue weighted by atomic mass is 10.1. The van der Waals surface area contributed by atoms with Gasteiger partial charge in [0.15, 0.2) is 0 Å². The second-order valence-electron chi connectivity index (χ2n) is 4.76. The Morgan fingerprint density at radius 3 is 2.57 bits per heavy atom. The van der Waals surface area contributed by atoms with E-state index in [4.69, 9.17) is 0 Å². The van der Waals surface area contributed by atoms with Gasteiger partial charge in [0.2, 0.25) is 0 Å². The molecular formula is C15H17N3O3. The maximum Gasteiger partial charge on any atom is 0.311 e. The Morgan fingerprint density at radius 2 is 2.00 bits per heavy atom. The van der Waals surface area contributed by atoms with Gasteiger partial charge in [0.1, 0.15) is 0 Å². The van der Waals surface area contributed by atoms with E-state index in [0.717, 1.165) is 0 Å². The molecule has 2 rings (SSSR count). The van der Waals surface area contributed by atoms with Crippen molar-refractivity contribution in [1.82, 2.24) is 4.90 Å². The Morgan fingerprint density at radius 1 is 1.33 bits per heavy atom. The van der Waals surface area contributed by atoms with Crippen LogP contribution in [0.5, 0.6) is 0 Å². The minimum absolute atomic E-state index is 0.0365. The molecule has 110 valence electrons. The molecule has 1 aliphatic rings. The van der Waals surface area contributed by atoms with Crippen LogP contribution >= 0.6 is 0 Å². The molecule has 0 radical (unpaired) electrons. The van der Waals surface area contributed by atoms with E-state index in [0.29, 0.717) is 17.0 Å². The van der Waals surface area contributed by atoms with Gasteiger partial charge < -0.3 is 9.64 Å². The summed E-state index contributed by atoms with van der Waals surface area (Å²) in [5.41, 5.74) is 1.46. The zero-order chi connectivity index (χ0) is 15.4. The lowest BCUT2D eigenvalue weighted by Gasteiger charge is -2.11. The van der Waals surface area contributed by atoms with Gasteiger partial charge in [-0.2, -0.15) is 10.1 Å². The van der Waals surface area contributed by atoms with Gasteiger partial charge in [0, 0.05) is 20.3 Å². The average molecular weight is 287 g/mol. The lowest BCUT2D eigenvalue weighted by Crippen LogP contribution is -2.23. The number of ether oxygens (including phenoxy) is 1. The number of hydrogen-bond donors (Lipinski definition) is 0. The van der Waals surface area contributed by atoms with Gasteiger partial charge in [-0.05, 0) is 12.1 Å². The average Bonchev–Trinajstić information content (AvgIpc) is 2.76. The molecule has 0 N–H and O–H groups in total. The standard InChI is InChI=1S/C15H17N3O3/c1-17(2)10-12-13(9-14(19)21-3)16-18(15(12)20)11-7-5-4-6-8-11/h4-8,10H,9H2,1-3H3. The number of carbonyl (C=O) groups excluding carboxylic acids is 2. The molecule has 6 heteroatoms. The highest BCUT2D eigenvalue weighted by molar-refractivity contribution is 6.32. The van der Waals surface area contributed by atoms with Crippen LogP contribution < -0.4 is 5.01 Å². The fourth-order valence-electron chi connectivity index (χ4n) is 1.93. The van der Waals surface area contributed by atoms with Crippen LogP contribution in [0.3, 0.4) is 0 Å². The summed E-state index contributed by atoms with van der Waals surface area (Å²) in [5.74, 6) is -0.685. The second kappa shape index (κ2) is 6.21. The van der Waals surface area contributed by atoms with Crippen molar-refractivity contribution in [3.05, 3.63) is 42.1 Å². The fraction of sp³-hybridized carbons (Fsp3) is 0.267. The Bertz CT molecular complexity index is 606. The van der Waals surface area contributed by atoms with Gasteiger partial charge in [-0.3, -0.25) is 9.59 Å². The van der Waals surface area contributed by atoms with Gasteiger partial charge in [-0.1, -0.05) is 18.2 Å². The van der Waals surface area contributed by atoms with Gasteiger partial charge in [-0.25, -0.2) is 0 Å². The second-order valence-corrected chi connectivity index (χ2v) is 4.76. The van der Waals surface area contributed by atoms with Crippen LogP contribution in [-0.4, -0.2) is 43.7 Å². The molecule has 0 unspecified atom stereocenters. The third kappa shape index (κ3) is 3.28. The van der Waals surface area contributed by atoms with Crippen molar-refractivity contribution in [2.24, 2.45) is 5.10 Å². The first kappa shape index (κ1) is 14.8. The number of hydrogen-bond acceptors (Lipinski definition) is 5. The topological polar surface area (TPSA) is 62.2 Å². The Balaban J connectivity index is 2.37. The predicted molar refractivity (Wildman–Crippen MR) is 79.8 cm³/mol. The van der Waals surface area contributed by atoms with Crippen molar-refractivity contribution >= 4 is 23.3 Å². The van der Waals surface area contributed by atoms with E-state index in [9.17, 15) is 9.59 Å². The molecule has 0 saturated carbocycles. The van der Waals surface area contributed by atoms with E-state index in [-0.39, 0.29) is 12.3 Å². The predicted octanol–water partition coefficient (Wildman–Crippen LogP) is 1.40. The van der Waals surface area contributed by atoms with Crippen molar-refractivity contribution < 1.29 is 14.3 Å². The molecule has 1 aromatic carbocycles. The van der Waals surface area contributed by atoms with Crippen molar-refractivity contribution in [3.63, 3.8) is 0 Å². The number of benzene rings is 1. The Labute approximate surface area is 123 Å². The number of nitrogens with zero attached hydrogens (tertiary/aromatic N) is 3. The molecular weight excluding hydrogens is 270 g/mol. The number of hydrazone groups is 1. The van der Waals surface area contributed by atoms with Crippen molar-refractivity contribution in [3.8, 4) is 0 Å². The van der Waals surface area contributed by atoms with E-state index >= 15 is 0 Å². The third-order valence-electron chi connectivity index (χ3n) is 2.88. The zero-order valence-electron chi connectivity index (χ0n) is 12.2. The molecule has 6 nitrogen and oxygen atoms in total. The lowest BCUT2D eigenvalue weighted by molar-refractivity contribution is -0.139. The first-order chi connectivity index (χ1) is 10.0. The summed E-state index contributed by atoms with van der Waals surface area (Å²) in [4.78, 5) is 25.7. The molecule has 0 saturated heterocycles. The van der Waals surface area contributed by atoms with Crippen LogP contribution in [0, 0.1) is 0 Å². The summed E-state index contributed by atoms with van der Waals surface area (Å²) in [7, 11) is 4.92. The molecule has 0 aliphatic carbocycles. The Hall–Kier alpha value is -2.63. The highest BCUT2D eigenvalue weighted by Crippen LogP contribution is 2.24. The van der Waals surface area contributed by atoms with Crippen molar-refractivity contribution in [1.29, 1.82) is 0 Å². The summed E-state index contributed by atoms with van der Waals surface area (Å²) in [5, 5.41) is 5.57. The van der Waals surface area contributed by atoms with E-state index in [2.05, 4.69) is 9.84 Å². The molecule has 0 atom stereocenters. The number of amides is 1. The fourth-order valence-corrected chi connectivity index (χ4v) is 1.93. The van der Waals surface area contributed by atoms with Crippen LogP contribution in [0.25, 0.3) is 0 Å². The summed E-state index contributed by atoms with van der Waals surface area (Å²) in [6.45, 7) is 0. The van der Waals surface area contributed by atoms with Crippen LogP contribution in [0.1, 0.15) is 6.42 Å². The monoisotopic (exact) mass is 287 g/mol. The highest BCUT2D eigenvalue weighted by atomic mass is 16.5. The molecule has 1 heterocycles. The summed E-state index contributed by atoms with van der Waals surface area (Å²) in [6.07, 6.45) is 1.62. The Kier molecular flexibility index (Phi) is 4.37. The maximum atomic E-state index is 12.5. The van der Waals surface area contributed by atoms with Crippen LogP contribution in [0.15, 0.2) is 47.2 Å². The minimum Gasteiger partial charge on any atom is -0.469 e. The van der Waals surface area contributed by atoms with Gasteiger partial charge >= 0.3 is 5.97 Å². The van der Waals surface area contributed by atoms with Gasteiger partial charge in [0.05, 0.1) is 30.5 Å². The number of carbonyl (C=O) groups is 2. The number of para-hydroxylation sites is 1. The molecule has 1 aliphatic heterocycles. The van der Waals surface area contributed by atoms with Crippen LogP contribution in [0.2, 0.25) is 0 Å². The molecule has 21 heavy (non-hydrogen) atoms. The quantitative estimate of drug-likeness (QED) is 0.620. The summed E-state index contributed by atoms with van der Waals surface area (Å²) >= 11 is 0. The highest BCUT2D eigenvalue weighted by Gasteiger charge is 2.32. The maximum absolute atomic E-state index is 12.5. The normalized spacial score (nSPS) is 16.1. The molecule has 0 fully saturated rings. The number of rotatable bonds is 4. The largest absolute Gasteiger partial charge is 0.469 e. The number of esters is 1. The first-order valence-electron chi connectivity index (χ1n) is 6.45. The zero-order valence-corrected chi connectivity index (χ0v) is 12.2. The molecule has 1 amide bonds. The molecule has 1 aromatic rings. The van der Waals surface area contributed by atoms with Crippen molar-refractivity contribution in [2.75, 3.05) is 26.2 Å². The van der Waals surface area contributed by atoms with Gasteiger partial charge in [0.25, 0.3) is 5.91 Å². The van der Waals surface area contributed by atoms with E-state index in [1.54, 1.807) is 37.3 Å². The summed E-state index contributed by atoms with van der Waals surface area (Å²) < 4.78 is 4.65. The minimum atomic E-state index is -0.430. The van der Waals surface area contributed by atoms with E-state index in [1.165, 1.54) is 12.1 Å². The third-order valence-corrected chi connectivity index (χ3v) is 2.88.